The zero-order valence-electron chi connectivity index (χ0n) is 12.3. The fourth-order valence-electron chi connectivity index (χ4n) is 2.04. The summed E-state index contributed by atoms with van der Waals surface area (Å²) in [6.07, 6.45) is 15.4. The topological polar surface area (TPSA) is 9.23 Å². The second-order valence-electron chi connectivity index (χ2n) is 5.56. The molecule has 0 N–H and O–H groups in total. The molecule has 0 aromatic rings. The Kier molecular flexibility index (Phi) is 11.8. The van der Waals surface area contributed by atoms with Crippen molar-refractivity contribution in [3.8, 4) is 0 Å². The SMILES string of the molecule is C[Si](C)(C)OCCC1=CCC(C2=[C-]CC=C2)=C1.[Cl-].[Cl-].[Zr+3]. The maximum Gasteiger partial charge on any atom is 3.00 e. The molecule has 0 spiro atoms. The maximum absolute atomic E-state index is 5.88. The van der Waals surface area contributed by atoms with E-state index in [-0.39, 0.29) is 51.0 Å². The molecule has 1 radical (unpaired) electrons. The van der Waals surface area contributed by atoms with E-state index in [2.05, 4.69) is 50.0 Å². The Labute approximate surface area is 155 Å². The van der Waals surface area contributed by atoms with Gasteiger partial charge < -0.3 is 29.2 Å². The van der Waals surface area contributed by atoms with E-state index in [9.17, 15) is 0 Å². The van der Waals surface area contributed by atoms with Crippen LogP contribution >= 0.6 is 0 Å². The van der Waals surface area contributed by atoms with Crippen molar-refractivity contribution in [3.05, 3.63) is 47.1 Å². The average molecular weight is 408 g/mol. The number of rotatable bonds is 5. The molecule has 0 saturated carbocycles. The number of allylic oxidation sites excluding steroid dienone is 7. The van der Waals surface area contributed by atoms with Crippen molar-refractivity contribution in [1.82, 2.24) is 0 Å². The Hall–Kier alpha value is 0.600. The molecule has 20 heavy (non-hydrogen) atoms. The minimum atomic E-state index is -1.35. The van der Waals surface area contributed by atoms with E-state index in [0.717, 1.165) is 25.9 Å². The molecule has 0 unspecified atom stereocenters. The Balaban J connectivity index is 0. The van der Waals surface area contributed by atoms with Crippen molar-refractivity contribution >= 4 is 8.32 Å². The molecule has 0 aromatic carbocycles. The number of hydrogen-bond acceptors (Lipinski definition) is 1. The third-order valence-corrected chi connectivity index (χ3v) is 3.98. The van der Waals surface area contributed by atoms with Crippen LogP contribution in [0.1, 0.15) is 19.3 Å². The predicted octanol–water partition coefficient (Wildman–Crippen LogP) is -1.82. The molecule has 2 rings (SSSR count). The van der Waals surface area contributed by atoms with E-state index in [4.69, 9.17) is 4.43 Å². The molecule has 0 saturated heterocycles. The summed E-state index contributed by atoms with van der Waals surface area (Å²) in [5.74, 6) is 0. The van der Waals surface area contributed by atoms with Crippen LogP contribution in [-0.4, -0.2) is 14.9 Å². The van der Waals surface area contributed by atoms with Gasteiger partial charge in [-0.05, 0) is 26.1 Å². The van der Waals surface area contributed by atoms with E-state index in [1.54, 1.807) is 0 Å². The first-order chi connectivity index (χ1) is 8.04. The van der Waals surface area contributed by atoms with Gasteiger partial charge in [0.05, 0.1) is 0 Å². The second-order valence-corrected chi connectivity index (χ2v) is 10.1. The Bertz CT molecular complexity index is 420. The van der Waals surface area contributed by atoms with Crippen LogP contribution in [-0.2, 0) is 30.6 Å². The van der Waals surface area contributed by atoms with Crippen LogP contribution in [0, 0.1) is 6.08 Å². The molecule has 0 bridgehead atoms. The van der Waals surface area contributed by atoms with E-state index in [1.807, 2.05) is 0 Å². The average Bonchev–Trinajstić information content (AvgIpc) is 2.83. The molecule has 0 aliphatic heterocycles. The molecule has 0 amide bonds. The molecule has 0 heterocycles. The fraction of sp³-hybridized carbons (Fsp3) is 0.467. The smallest absolute Gasteiger partial charge is 1.00 e. The van der Waals surface area contributed by atoms with E-state index >= 15 is 0 Å². The Morgan fingerprint density at radius 1 is 1.25 bits per heavy atom. The zero-order chi connectivity index (χ0) is 12.3. The molecular weight excluding hydrogens is 386 g/mol. The molecule has 1 nitrogen and oxygen atoms in total. The van der Waals surface area contributed by atoms with Gasteiger partial charge in [0.1, 0.15) is 0 Å². The standard InChI is InChI=1S/C15H21OSi.2ClH.Zr/c1-17(2,3)16-11-10-13-8-9-15(12-13)14-6-4-5-7-14;;;/h4,6,8,12H,5,9-11H2,1-3H3;2*1H;/q-1;;;+3/p-2. The third-order valence-electron chi connectivity index (χ3n) is 2.91. The van der Waals surface area contributed by atoms with Gasteiger partial charge in [-0.25, -0.2) is 0 Å². The fourth-order valence-corrected chi connectivity index (χ4v) is 2.76. The largest absolute Gasteiger partial charge is 3.00 e. The molecule has 2 aliphatic rings. The van der Waals surface area contributed by atoms with Gasteiger partial charge in [-0.1, -0.05) is 24.5 Å². The van der Waals surface area contributed by atoms with Crippen LogP contribution in [0.3, 0.4) is 0 Å². The minimum absolute atomic E-state index is 0. The minimum Gasteiger partial charge on any atom is -1.00 e. The third kappa shape index (κ3) is 7.56. The normalized spacial score (nSPS) is 16.4. The van der Waals surface area contributed by atoms with Gasteiger partial charge in [0.15, 0.2) is 8.32 Å². The summed E-state index contributed by atoms with van der Waals surface area (Å²) in [5.41, 5.74) is 4.14. The van der Waals surface area contributed by atoms with E-state index in [1.165, 1.54) is 16.7 Å². The molecule has 5 heteroatoms. The van der Waals surface area contributed by atoms with Gasteiger partial charge in [-0.3, -0.25) is 0 Å². The van der Waals surface area contributed by atoms with Gasteiger partial charge in [0.2, 0.25) is 0 Å². The van der Waals surface area contributed by atoms with Crippen LogP contribution < -0.4 is 24.8 Å². The Morgan fingerprint density at radius 2 is 1.95 bits per heavy atom. The van der Waals surface area contributed by atoms with Crippen molar-refractivity contribution in [2.75, 3.05) is 6.61 Å². The Morgan fingerprint density at radius 3 is 2.50 bits per heavy atom. The zero-order valence-corrected chi connectivity index (χ0v) is 17.3. The maximum atomic E-state index is 5.88. The summed E-state index contributed by atoms with van der Waals surface area (Å²) < 4.78 is 5.88. The second kappa shape index (κ2) is 10.3. The van der Waals surface area contributed by atoms with E-state index in [0.29, 0.717) is 0 Å². The number of hydrogen-bond donors (Lipinski definition) is 0. The molecule has 109 valence electrons. The van der Waals surface area contributed by atoms with Crippen molar-refractivity contribution in [1.29, 1.82) is 0 Å². The van der Waals surface area contributed by atoms with E-state index < -0.39 is 8.32 Å². The molecule has 0 atom stereocenters. The van der Waals surface area contributed by atoms with Gasteiger partial charge >= 0.3 is 26.2 Å². The van der Waals surface area contributed by atoms with Gasteiger partial charge in [0.25, 0.3) is 0 Å². The van der Waals surface area contributed by atoms with Crippen LogP contribution in [0.25, 0.3) is 0 Å². The van der Waals surface area contributed by atoms with Gasteiger partial charge in [0, 0.05) is 6.61 Å². The first-order valence-corrected chi connectivity index (χ1v) is 9.77. The summed E-state index contributed by atoms with van der Waals surface area (Å²) in [6, 6.07) is 0. The van der Waals surface area contributed by atoms with Crippen molar-refractivity contribution in [3.63, 3.8) is 0 Å². The number of halogens is 2. The predicted molar refractivity (Wildman–Crippen MR) is 75.2 cm³/mol. The molecule has 2 aliphatic carbocycles. The van der Waals surface area contributed by atoms with Crippen molar-refractivity contribution in [2.24, 2.45) is 0 Å². The van der Waals surface area contributed by atoms with Crippen molar-refractivity contribution in [2.45, 2.75) is 38.9 Å². The summed E-state index contributed by atoms with van der Waals surface area (Å²) in [6.45, 7) is 7.57. The molecular formula is C15H21Cl2OSiZr. The summed E-state index contributed by atoms with van der Waals surface area (Å²) in [5, 5.41) is 0. The van der Waals surface area contributed by atoms with Crippen LogP contribution in [0.15, 0.2) is 41.0 Å². The van der Waals surface area contributed by atoms with Crippen LogP contribution in [0.5, 0.6) is 0 Å². The van der Waals surface area contributed by atoms with Gasteiger partial charge in [-0.2, -0.15) is 17.7 Å². The summed E-state index contributed by atoms with van der Waals surface area (Å²) in [7, 11) is -1.35. The van der Waals surface area contributed by atoms with Gasteiger partial charge in [-0.15, -0.1) is 17.7 Å². The monoisotopic (exact) mass is 405 g/mol. The first-order valence-electron chi connectivity index (χ1n) is 6.36. The first kappa shape index (κ1) is 22.9. The molecule has 0 aromatic heterocycles. The summed E-state index contributed by atoms with van der Waals surface area (Å²) >= 11 is 0. The quantitative estimate of drug-likeness (QED) is 0.385. The van der Waals surface area contributed by atoms with Crippen LogP contribution in [0.4, 0.5) is 0 Å². The molecule has 0 fully saturated rings. The summed E-state index contributed by atoms with van der Waals surface area (Å²) in [4.78, 5) is 0. The van der Waals surface area contributed by atoms with Crippen LogP contribution in [0.2, 0.25) is 19.6 Å². The van der Waals surface area contributed by atoms with Crippen molar-refractivity contribution < 1.29 is 55.4 Å².